The molecule has 6 nitrogen and oxygen atoms in total. The molecule has 0 fully saturated rings. The zero-order valence-corrected chi connectivity index (χ0v) is 20.9. The molecule has 1 unspecified atom stereocenters. The van der Waals surface area contributed by atoms with Gasteiger partial charge in [-0.3, -0.25) is 4.79 Å². The van der Waals surface area contributed by atoms with Crippen molar-refractivity contribution < 1.29 is 4.79 Å². The first-order chi connectivity index (χ1) is 16.6. The number of nitrogens with one attached hydrogen (secondary N) is 2. The van der Waals surface area contributed by atoms with Crippen molar-refractivity contribution >= 4 is 44.9 Å². The van der Waals surface area contributed by atoms with Gasteiger partial charge in [-0.25, -0.2) is 4.98 Å². The van der Waals surface area contributed by atoms with Gasteiger partial charge in [-0.15, -0.1) is 0 Å². The normalized spacial score (nSPS) is 15.2. The number of nitrogens with zero attached hydrogens (tertiary/aromatic N) is 3. The summed E-state index contributed by atoms with van der Waals surface area (Å²) in [5, 5.41) is 11.6. The molecule has 174 valence electrons. The molecule has 0 bridgehead atoms. The van der Waals surface area contributed by atoms with Crippen LogP contribution in [0.1, 0.15) is 24.0 Å². The highest BCUT2D eigenvalue weighted by Crippen LogP contribution is 2.30. The summed E-state index contributed by atoms with van der Waals surface area (Å²) < 4.78 is 2.58. The Bertz CT molecular complexity index is 1340. The molecule has 0 saturated heterocycles. The monoisotopic (exact) mass is 537 g/mol. The van der Waals surface area contributed by atoms with Crippen molar-refractivity contribution in [3.63, 3.8) is 0 Å². The fourth-order valence-electron chi connectivity index (χ4n) is 4.45. The predicted molar refractivity (Wildman–Crippen MR) is 139 cm³/mol. The van der Waals surface area contributed by atoms with Gasteiger partial charge in [0, 0.05) is 35.7 Å². The van der Waals surface area contributed by atoms with Gasteiger partial charge in [0.2, 0.25) is 5.91 Å². The molecule has 2 aromatic carbocycles. The lowest BCUT2D eigenvalue weighted by Gasteiger charge is -2.23. The molecule has 1 aliphatic carbocycles. The number of benzene rings is 2. The van der Waals surface area contributed by atoms with Crippen LogP contribution in [-0.2, 0) is 17.6 Å². The summed E-state index contributed by atoms with van der Waals surface area (Å²) >= 11 is 9.94. The van der Waals surface area contributed by atoms with E-state index in [0.29, 0.717) is 23.8 Å². The zero-order chi connectivity index (χ0) is 23.5. The maximum Gasteiger partial charge on any atom is 0.223 e. The third kappa shape index (κ3) is 4.81. The lowest BCUT2D eigenvalue weighted by Crippen LogP contribution is -2.35. The number of fused-ring (bicyclic) bond motifs is 2. The number of rotatable bonds is 7. The third-order valence-corrected chi connectivity index (χ3v) is 7.14. The zero-order valence-electron chi connectivity index (χ0n) is 18.6. The highest BCUT2D eigenvalue weighted by Gasteiger charge is 2.24. The molecule has 0 saturated carbocycles. The summed E-state index contributed by atoms with van der Waals surface area (Å²) in [5.41, 5.74) is 5.03. The van der Waals surface area contributed by atoms with Gasteiger partial charge in [-0.05, 0) is 58.8 Å². The molecular formula is C26H25BrClN5O. The van der Waals surface area contributed by atoms with E-state index in [-0.39, 0.29) is 11.8 Å². The predicted octanol–water partition coefficient (Wildman–Crippen LogP) is 5.54. The average Bonchev–Trinajstić information content (AvgIpc) is 3.24. The first-order valence-electron chi connectivity index (χ1n) is 11.5. The van der Waals surface area contributed by atoms with Crippen molar-refractivity contribution in [1.82, 2.24) is 19.9 Å². The highest BCUT2D eigenvalue weighted by atomic mass is 79.9. The Morgan fingerprint density at radius 3 is 2.76 bits per heavy atom. The summed E-state index contributed by atoms with van der Waals surface area (Å²) in [4.78, 5) is 17.4. The second-order valence-electron chi connectivity index (χ2n) is 8.51. The van der Waals surface area contributed by atoms with E-state index >= 15 is 0 Å². The SMILES string of the molecule is O=C(NCCCNc1cc(-c2ccccc2Cl)nc2c(Br)cnn12)C1CCc2ccccc2C1. The van der Waals surface area contributed by atoms with Crippen molar-refractivity contribution in [1.29, 1.82) is 0 Å². The van der Waals surface area contributed by atoms with E-state index in [4.69, 9.17) is 16.6 Å². The number of carbonyl (C=O) groups excluding carboxylic acids is 1. The Kier molecular flexibility index (Phi) is 6.83. The minimum absolute atomic E-state index is 0.0577. The van der Waals surface area contributed by atoms with Crippen LogP contribution in [0.2, 0.25) is 5.02 Å². The van der Waals surface area contributed by atoms with Gasteiger partial charge in [0.05, 0.1) is 16.4 Å². The molecule has 0 aliphatic heterocycles. The van der Waals surface area contributed by atoms with E-state index in [2.05, 4.69) is 55.9 Å². The molecule has 2 heterocycles. The van der Waals surface area contributed by atoms with Crippen LogP contribution in [0.5, 0.6) is 0 Å². The Morgan fingerprint density at radius 2 is 1.91 bits per heavy atom. The second-order valence-corrected chi connectivity index (χ2v) is 9.78. The van der Waals surface area contributed by atoms with Crippen molar-refractivity contribution in [2.24, 2.45) is 5.92 Å². The van der Waals surface area contributed by atoms with E-state index in [1.807, 2.05) is 30.3 Å². The second kappa shape index (κ2) is 10.2. The topological polar surface area (TPSA) is 71.3 Å². The molecule has 0 spiro atoms. The van der Waals surface area contributed by atoms with Gasteiger partial charge in [0.15, 0.2) is 5.65 Å². The fourth-order valence-corrected chi connectivity index (χ4v) is 5.03. The van der Waals surface area contributed by atoms with Crippen LogP contribution in [-0.4, -0.2) is 33.6 Å². The third-order valence-electron chi connectivity index (χ3n) is 6.26. The molecule has 0 radical (unpaired) electrons. The van der Waals surface area contributed by atoms with Gasteiger partial charge < -0.3 is 10.6 Å². The molecule has 1 amide bonds. The molecule has 8 heteroatoms. The standard InChI is InChI=1S/C26H25BrClN5O/c27-21-16-31-33-24(15-23(32-25(21)33)20-8-3-4-9-22(20)28)29-12-5-13-30-26(34)19-11-10-17-6-1-2-7-18(17)14-19/h1-4,6-9,15-16,19,29H,5,10-14H2,(H,30,34). The van der Waals surface area contributed by atoms with E-state index < -0.39 is 0 Å². The number of amides is 1. The lowest BCUT2D eigenvalue weighted by molar-refractivity contribution is -0.125. The smallest absolute Gasteiger partial charge is 0.223 e. The highest BCUT2D eigenvalue weighted by molar-refractivity contribution is 9.10. The van der Waals surface area contributed by atoms with Crippen LogP contribution in [0.4, 0.5) is 5.82 Å². The lowest BCUT2D eigenvalue weighted by atomic mass is 9.83. The average molecular weight is 539 g/mol. The number of aromatic nitrogens is 3. The number of hydrogen-bond acceptors (Lipinski definition) is 4. The van der Waals surface area contributed by atoms with Crippen molar-refractivity contribution in [2.45, 2.75) is 25.7 Å². The van der Waals surface area contributed by atoms with Crippen LogP contribution in [0.15, 0.2) is 65.3 Å². The van der Waals surface area contributed by atoms with Gasteiger partial charge >= 0.3 is 0 Å². The first kappa shape index (κ1) is 22.9. The molecular weight excluding hydrogens is 514 g/mol. The maximum atomic E-state index is 12.7. The van der Waals surface area contributed by atoms with Crippen LogP contribution in [0.3, 0.4) is 0 Å². The quantitative estimate of drug-likeness (QED) is 0.303. The minimum atomic E-state index is 0.0577. The fraction of sp³-hybridized carbons (Fsp3) is 0.269. The van der Waals surface area contributed by atoms with Gasteiger partial charge in [-0.1, -0.05) is 54.1 Å². The Morgan fingerprint density at radius 1 is 1.12 bits per heavy atom. The Hall–Kier alpha value is -2.90. The number of hydrogen-bond donors (Lipinski definition) is 2. The van der Waals surface area contributed by atoms with Crippen LogP contribution in [0, 0.1) is 5.92 Å². The Labute approximate surface area is 211 Å². The number of aryl methyl sites for hydroxylation is 1. The van der Waals surface area contributed by atoms with Gasteiger partial charge in [0.25, 0.3) is 0 Å². The molecule has 2 N–H and O–H groups in total. The summed E-state index contributed by atoms with van der Waals surface area (Å²) in [5.74, 6) is 1.03. The van der Waals surface area contributed by atoms with E-state index in [9.17, 15) is 4.79 Å². The largest absolute Gasteiger partial charge is 0.370 e. The van der Waals surface area contributed by atoms with Crippen molar-refractivity contribution in [3.05, 3.63) is 81.4 Å². The number of anilines is 1. The maximum absolute atomic E-state index is 12.7. The van der Waals surface area contributed by atoms with E-state index in [1.165, 1.54) is 11.1 Å². The summed E-state index contributed by atoms with van der Waals surface area (Å²) in [6.07, 6.45) is 5.24. The van der Waals surface area contributed by atoms with E-state index in [1.54, 1.807) is 10.7 Å². The Balaban J connectivity index is 1.20. The van der Waals surface area contributed by atoms with Crippen molar-refractivity contribution in [3.8, 4) is 11.3 Å². The van der Waals surface area contributed by atoms with Crippen LogP contribution in [0.25, 0.3) is 16.9 Å². The van der Waals surface area contributed by atoms with E-state index in [0.717, 1.165) is 47.2 Å². The molecule has 4 aromatic rings. The number of carbonyl (C=O) groups is 1. The molecule has 34 heavy (non-hydrogen) atoms. The van der Waals surface area contributed by atoms with Gasteiger partial charge in [0.1, 0.15) is 5.82 Å². The van der Waals surface area contributed by atoms with Crippen molar-refractivity contribution in [2.75, 3.05) is 18.4 Å². The summed E-state index contributed by atoms with van der Waals surface area (Å²) in [7, 11) is 0. The molecule has 1 atom stereocenters. The molecule has 1 aliphatic rings. The summed E-state index contributed by atoms with van der Waals surface area (Å²) in [6, 6.07) is 18.0. The molecule has 5 rings (SSSR count). The minimum Gasteiger partial charge on any atom is -0.370 e. The van der Waals surface area contributed by atoms with Crippen LogP contribution >= 0.6 is 27.5 Å². The number of halogens is 2. The molecule has 2 aromatic heterocycles. The first-order valence-corrected chi connectivity index (χ1v) is 12.6. The summed E-state index contributed by atoms with van der Waals surface area (Å²) in [6.45, 7) is 1.31. The van der Waals surface area contributed by atoms with Gasteiger partial charge in [-0.2, -0.15) is 9.61 Å². The van der Waals surface area contributed by atoms with Crippen LogP contribution < -0.4 is 10.6 Å².